The van der Waals surface area contributed by atoms with E-state index in [0.717, 1.165) is 16.7 Å². The van der Waals surface area contributed by atoms with Gasteiger partial charge in [-0.05, 0) is 17.7 Å². The molecule has 3 rings (SSSR count). The maximum absolute atomic E-state index is 11.5. The number of nitrogens with two attached hydrogens (primary N) is 1. The van der Waals surface area contributed by atoms with Gasteiger partial charge < -0.3 is 15.2 Å². The summed E-state index contributed by atoms with van der Waals surface area (Å²) < 4.78 is 10.3. The van der Waals surface area contributed by atoms with Crippen molar-refractivity contribution in [2.75, 3.05) is 12.8 Å². The summed E-state index contributed by atoms with van der Waals surface area (Å²) in [7, 11) is 1.29. The fraction of sp³-hybridized carbons (Fsp3) is 0.105. The first kappa shape index (κ1) is 16.4. The Morgan fingerprint density at radius 1 is 1.04 bits per heavy atom. The van der Waals surface area contributed by atoms with Gasteiger partial charge >= 0.3 is 5.97 Å². The molecule has 0 bridgehead atoms. The molecule has 0 fully saturated rings. The number of carbonyl (C=O) groups excluding carboxylic acids is 1. The SMILES string of the molecule is COC(=O)c1ncc(-c2ccc(OCc3ccccc3)nc2)cc1N. The first-order valence-electron chi connectivity index (χ1n) is 7.64. The van der Waals surface area contributed by atoms with E-state index in [1.807, 2.05) is 36.4 Å². The molecule has 3 aromatic rings. The van der Waals surface area contributed by atoms with Crippen molar-refractivity contribution in [3.63, 3.8) is 0 Å². The van der Waals surface area contributed by atoms with Crippen molar-refractivity contribution in [1.82, 2.24) is 9.97 Å². The largest absolute Gasteiger partial charge is 0.473 e. The van der Waals surface area contributed by atoms with E-state index in [1.54, 1.807) is 24.5 Å². The zero-order valence-corrected chi connectivity index (χ0v) is 13.7. The van der Waals surface area contributed by atoms with Crippen molar-refractivity contribution in [3.8, 4) is 17.0 Å². The van der Waals surface area contributed by atoms with E-state index < -0.39 is 5.97 Å². The molecule has 6 heteroatoms. The van der Waals surface area contributed by atoms with Crippen molar-refractivity contribution in [2.24, 2.45) is 0 Å². The summed E-state index contributed by atoms with van der Waals surface area (Å²) in [6.45, 7) is 0.454. The lowest BCUT2D eigenvalue weighted by atomic mass is 10.1. The Kier molecular flexibility index (Phi) is 4.89. The Morgan fingerprint density at radius 2 is 1.80 bits per heavy atom. The quantitative estimate of drug-likeness (QED) is 0.721. The Labute approximate surface area is 145 Å². The molecule has 126 valence electrons. The van der Waals surface area contributed by atoms with Gasteiger partial charge in [0.1, 0.15) is 6.61 Å². The molecular formula is C19H17N3O3. The average Bonchev–Trinajstić information content (AvgIpc) is 2.67. The molecule has 1 aromatic carbocycles. The highest BCUT2D eigenvalue weighted by Crippen LogP contribution is 2.23. The molecule has 0 amide bonds. The Morgan fingerprint density at radius 3 is 2.44 bits per heavy atom. The average molecular weight is 335 g/mol. The Balaban J connectivity index is 1.72. The minimum atomic E-state index is -0.563. The van der Waals surface area contributed by atoms with Gasteiger partial charge in [0.2, 0.25) is 5.88 Å². The van der Waals surface area contributed by atoms with Gasteiger partial charge in [0, 0.05) is 29.6 Å². The number of anilines is 1. The van der Waals surface area contributed by atoms with Gasteiger partial charge in [-0.3, -0.25) is 0 Å². The first-order chi connectivity index (χ1) is 12.2. The molecule has 2 heterocycles. The number of aromatic nitrogens is 2. The van der Waals surface area contributed by atoms with E-state index in [9.17, 15) is 4.79 Å². The standard InChI is InChI=1S/C19H17N3O3/c1-24-19(23)18-16(20)9-15(11-22-18)14-7-8-17(21-10-14)25-12-13-5-3-2-4-6-13/h2-11H,12,20H2,1H3. The molecule has 0 aliphatic carbocycles. The summed E-state index contributed by atoms with van der Waals surface area (Å²) >= 11 is 0. The molecule has 2 aromatic heterocycles. The number of hydrogen-bond donors (Lipinski definition) is 1. The van der Waals surface area contributed by atoms with Gasteiger partial charge in [-0.2, -0.15) is 0 Å². The second kappa shape index (κ2) is 7.44. The molecule has 2 N–H and O–H groups in total. The van der Waals surface area contributed by atoms with Gasteiger partial charge in [0.15, 0.2) is 5.69 Å². The first-order valence-corrected chi connectivity index (χ1v) is 7.64. The molecule has 0 unspecified atom stereocenters. The number of nitrogens with zero attached hydrogens (tertiary/aromatic N) is 2. The smallest absolute Gasteiger partial charge is 0.358 e. The van der Waals surface area contributed by atoms with Gasteiger partial charge in [0.25, 0.3) is 0 Å². The predicted octanol–water partition coefficient (Wildman–Crippen LogP) is 3.09. The van der Waals surface area contributed by atoms with Crippen molar-refractivity contribution in [1.29, 1.82) is 0 Å². The fourth-order valence-corrected chi connectivity index (χ4v) is 2.27. The number of rotatable bonds is 5. The number of methoxy groups -OCH3 is 1. The summed E-state index contributed by atoms with van der Waals surface area (Å²) in [6, 6.07) is 15.2. The number of esters is 1. The summed E-state index contributed by atoms with van der Waals surface area (Å²) in [5.41, 5.74) is 8.88. The maximum atomic E-state index is 11.5. The van der Waals surface area contributed by atoms with Crippen LogP contribution in [0.1, 0.15) is 16.1 Å². The number of carbonyl (C=O) groups is 1. The molecule has 0 spiro atoms. The highest BCUT2D eigenvalue weighted by Gasteiger charge is 2.13. The molecule has 0 aliphatic heterocycles. The zero-order chi connectivity index (χ0) is 17.6. The van der Waals surface area contributed by atoms with Gasteiger partial charge in [0.05, 0.1) is 12.8 Å². The van der Waals surface area contributed by atoms with Crippen LogP contribution in [0.5, 0.6) is 5.88 Å². The fourth-order valence-electron chi connectivity index (χ4n) is 2.27. The summed E-state index contributed by atoms with van der Waals surface area (Å²) in [5.74, 6) is -0.0356. The minimum absolute atomic E-state index is 0.0991. The molecule has 0 radical (unpaired) electrons. The molecule has 0 saturated heterocycles. The van der Waals surface area contributed by atoms with Crippen molar-refractivity contribution >= 4 is 11.7 Å². The molecular weight excluding hydrogens is 318 g/mol. The highest BCUT2D eigenvalue weighted by molar-refractivity contribution is 5.93. The Hall–Kier alpha value is -3.41. The second-order valence-electron chi connectivity index (χ2n) is 5.31. The number of nitrogen functional groups attached to an aromatic ring is 1. The summed E-state index contributed by atoms with van der Waals surface area (Å²) in [6.07, 6.45) is 3.23. The number of hydrogen-bond acceptors (Lipinski definition) is 6. The van der Waals surface area contributed by atoms with Gasteiger partial charge in [-0.25, -0.2) is 14.8 Å². The minimum Gasteiger partial charge on any atom is -0.473 e. The van der Waals surface area contributed by atoms with Gasteiger partial charge in [-0.1, -0.05) is 30.3 Å². The lowest BCUT2D eigenvalue weighted by molar-refractivity contribution is 0.0595. The van der Waals surface area contributed by atoms with E-state index in [2.05, 4.69) is 14.7 Å². The van der Waals surface area contributed by atoms with Gasteiger partial charge in [-0.15, -0.1) is 0 Å². The van der Waals surface area contributed by atoms with Crippen LogP contribution >= 0.6 is 0 Å². The van der Waals surface area contributed by atoms with Crippen LogP contribution in [0.25, 0.3) is 11.1 Å². The third-order valence-electron chi connectivity index (χ3n) is 3.60. The van der Waals surface area contributed by atoms with E-state index in [4.69, 9.17) is 10.5 Å². The second-order valence-corrected chi connectivity index (χ2v) is 5.31. The number of benzene rings is 1. The molecule has 6 nitrogen and oxygen atoms in total. The zero-order valence-electron chi connectivity index (χ0n) is 13.7. The Bertz CT molecular complexity index is 865. The van der Waals surface area contributed by atoms with E-state index >= 15 is 0 Å². The van der Waals surface area contributed by atoms with Crippen LogP contribution in [0, 0.1) is 0 Å². The lowest BCUT2D eigenvalue weighted by Crippen LogP contribution is -2.08. The molecule has 0 atom stereocenters. The van der Waals surface area contributed by atoms with Crippen LogP contribution in [0.2, 0.25) is 0 Å². The van der Waals surface area contributed by atoms with Crippen molar-refractivity contribution in [3.05, 3.63) is 72.2 Å². The summed E-state index contributed by atoms with van der Waals surface area (Å²) in [5, 5.41) is 0. The normalized spacial score (nSPS) is 10.3. The van der Waals surface area contributed by atoms with E-state index in [1.165, 1.54) is 7.11 Å². The van der Waals surface area contributed by atoms with Crippen LogP contribution in [0.3, 0.4) is 0 Å². The van der Waals surface area contributed by atoms with Crippen LogP contribution in [0.4, 0.5) is 5.69 Å². The summed E-state index contributed by atoms with van der Waals surface area (Å²) in [4.78, 5) is 19.9. The predicted molar refractivity (Wildman–Crippen MR) is 94.0 cm³/mol. The van der Waals surface area contributed by atoms with Crippen LogP contribution < -0.4 is 10.5 Å². The molecule has 0 saturated carbocycles. The van der Waals surface area contributed by atoms with E-state index in [-0.39, 0.29) is 11.4 Å². The monoisotopic (exact) mass is 335 g/mol. The van der Waals surface area contributed by atoms with Crippen molar-refractivity contribution in [2.45, 2.75) is 6.61 Å². The maximum Gasteiger partial charge on any atom is 0.358 e. The molecule has 0 aliphatic rings. The van der Waals surface area contributed by atoms with E-state index in [0.29, 0.717) is 12.5 Å². The molecule has 25 heavy (non-hydrogen) atoms. The number of ether oxygens (including phenoxy) is 2. The number of pyridine rings is 2. The topological polar surface area (TPSA) is 87.3 Å². The van der Waals surface area contributed by atoms with Crippen LogP contribution in [-0.4, -0.2) is 23.0 Å². The van der Waals surface area contributed by atoms with Crippen LogP contribution in [0.15, 0.2) is 60.9 Å². The lowest BCUT2D eigenvalue weighted by Gasteiger charge is -2.08. The van der Waals surface area contributed by atoms with Crippen molar-refractivity contribution < 1.29 is 14.3 Å². The van der Waals surface area contributed by atoms with Crippen LogP contribution in [-0.2, 0) is 11.3 Å². The third-order valence-corrected chi connectivity index (χ3v) is 3.60. The third kappa shape index (κ3) is 3.92. The highest BCUT2D eigenvalue weighted by atomic mass is 16.5.